The predicted octanol–water partition coefficient (Wildman–Crippen LogP) is 3.84. The van der Waals surface area contributed by atoms with Gasteiger partial charge in [-0.15, -0.1) is 16.7 Å². The fourth-order valence-corrected chi connectivity index (χ4v) is 3.18. The highest BCUT2D eigenvalue weighted by Crippen LogP contribution is 2.35. The SMILES string of the molecule is CSC(C1=C(O)CCCC1)N(N=O)C(C)(C)C. The third-order valence-corrected chi connectivity index (χ3v) is 3.93. The molecule has 0 saturated carbocycles. The van der Waals surface area contributed by atoms with Crippen molar-refractivity contribution in [2.24, 2.45) is 5.29 Å². The van der Waals surface area contributed by atoms with Crippen molar-refractivity contribution >= 4 is 11.8 Å². The third kappa shape index (κ3) is 3.37. The predicted molar refractivity (Wildman–Crippen MR) is 72.8 cm³/mol. The van der Waals surface area contributed by atoms with Gasteiger partial charge in [0.25, 0.3) is 0 Å². The molecule has 1 unspecified atom stereocenters. The van der Waals surface area contributed by atoms with Crippen LogP contribution >= 0.6 is 11.8 Å². The van der Waals surface area contributed by atoms with Gasteiger partial charge in [0.15, 0.2) is 0 Å². The van der Waals surface area contributed by atoms with Crippen molar-refractivity contribution in [3.05, 3.63) is 16.2 Å². The molecule has 0 aliphatic heterocycles. The van der Waals surface area contributed by atoms with Crippen molar-refractivity contribution in [3.8, 4) is 0 Å². The maximum absolute atomic E-state index is 11.1. The molecule has 1 aliphatic carbocycles. The van der Waals surface area contributed by atoms with E-state index in [2.05, 4.69) is 5.29 Å². The number of thioether (sulfide) groups is 1. The molecule has 0 fully saturated rings. The summed E-state index contributed by atoms with van der Waals surface area (Å²) in [5.41, 5.74) is 0.637. The highest BCUT2D eigenvalue weighted by Gasteiger charge is 2.33. The molecule has 0 aromatic heterocycles. The van der Waals surface area contributed by atoms with Crippen molar-refractivity contribution in [1.29, 1.82) is 0 Å². The Hall–Kier alpha value is -0.710. The molecule has 0 heterocycles. The standard InChI is InChI=1S/C12H22N2O2S/c1-12(2,3)14(13-16)11(17-4)9-7-5-6-8-10(9)15/h11,15H,5-8H2,1-4H3. The second-order valence-electron chi connectivity index (χ2n) is 5.36. The molecule has 0 bridgehead atoms. The molecule has 1 rings (SSSR count). The summed E-state index contributed by atoms with van der Waals surface area (Å²) in [7, 11) is 0. The summed E-state index contributed by atoms with van der Waals surface area (Å²) in [6.07, 6.45) is 5.64. The Morgan fingerprint density at radius 1 is 1.35 bits per heavy atom. The van der Waals surface area contributed by atoms with Crippen LogP contribution in [0.1, 0.15) is 46.5 Å². The smallest absolute Gasteiger partial charge is 0.120 e. The van der Waals surface area contributed by atoms with Gasteiger partial charge in [0, 0.05) is 12.0 Å². The van der Waals surface area contributed by atoms with E-state index < -0.39 is 0 Å². The molecule has 0 aromatic rings. The Labute approximate surface area is 107 Å². The lowest BCUT2D eigenvalue weighted by Crippen LogP contribution is -2.44. The minimum Gasteiger partial charge on any atom is -0.512 e. The van der Waals surface area contributed by atoms with Gasteiger partial charge in [-0.2, -0.15) is 0 Å². The zero-order valence-electron chi connectivity index (χ0n) is 11.1. The quantitative estimate of drug-likeness (QED) is 0.473. The molecular formula is C12H22N2O2S. The highest BCUT2D eigenvalue weighted by atomic mass is 32.2. The summed E-state index contributed by atoms with van der Waals surface area (Å²) < 4.78 is 0. The zero-order valence-corrected chi connectivity index (χ0v) is 11.9. The molecule has 1 aliphatic rings. The second-order valence-corrected chi connectivity index (χ2v) is 6.28. The molecule has 1 atom stereocenters. The topological polar surface area (TPSA) is 52.9 Å². The van der Waals surface area contributed by atoms with E-state index in [1.54, 1.807) is 16.8 Å². The first kappa shape index (κ1) is 14.4. The third-order valence-electron chi connectivity index (χ3n) is 3.00. The van der Waals surface area contributed by atoms with Crippen LogP contribution in [0.4, 0.5) is 0 Å². The molecule has 0 saturated heterocycles. The average molecular weight is 258 g/mol. The van der Waals surface area contributed by atoms with E-state index >= 15 is 0 Å². The van der Waals surface area contributed by atoms with Crippen LogP contribution in [0.5, 0.6) is 0 Å². The second kappa shape index (κ2) is 5.76. The van der Waals surface area contributed by atoms with Crippen LogP contribution < -0.4 is 0 Å². The van der Waals surface area contributed by atoms with Gasteiger partial charge in [-0.05, 0) is 46.3 Å². The lowest BCUT2D eigenvalue weighted by molar-refractivity contribution is 0.134. The number of allylic oxidation sites excluding steroid dienone is 1. The highest BCUT2D eigenvalue weighted by molar-refractivity contribution is 7.99. The largest absolute Gasteiger partial charge is 0.512 e. The number of aliphatic hydroxyl groups is 1. The molecule has 5 heteroatoms. The van der Waals surface area contributed by atoms with Crippen LogP contribution in [0.25, 0.3) is 0 Å². The summed E-state index contributed by atoms with van der Waals surface area (Å²) in [5, 5.41) is 14.5. The first-order chi connectivity index (χ1) is 7.91. The van der Waals surface area contributed by atoms with Gasteiger partial charge in [-0.25, -0.2) is 5.01 Å². The fraction of sp³-hybridized carbons (Fsp3) is 0.833. The number of rotatable bonds is 4. The normalized spacial score (nSPS) is 19.1. The fourth-order valence-electron chi connectivity index (χ4n) is 2.09. The molecule has 98 valence electrons. The van der Waals surface area contributed by atoms with Crippen LogP contribution in [-0.4, -0.2) is 27.3 Å². The van der Waals surface area contributed by atoms with Crippen molar-refractivity contribution in [2.75, 3.05) is 6.26 Å². The maximum Gasteiger partial charge on any atom is 0.120 e. The summed E-state index contributed by atoms with van der Waals surface area (Å²) >= 11 is 1.55. The Morgan fingerprint density at radius 2 is 1.94 bits per heavy atom. The van der Waals surface area contributed by atoms with Crippen molar-refractivity contribution in [2.45, 2.75) is 57.4 Å². The van der Waals surface area contributed by atoms with E-state index in [1.165, 1.54) is 0 Å². The van der Waals surface area contributed by atoms with Crippen LogP contribution in [0.15, 0.2) is 16.6 Å². The van der Waals surface area contributed by atoms with Gasteiger partial charge in [-0.1, -0.05) is 0 Å². The average Bonchev–Trinajstić information content (AvgIpc) is 2.25. The number of aliphatic hydroxyl groups excluding tert-OH is 1. The van der Waals surface area contributed by atoms with Crippen LogP contribution in [0.2, 0.25) is 0 Å². The zero-order chi connectivity index (χ0) is 13.1. The van der Waals surface area contributed by atoms with Crippen LogP contribution in [-0.2, 0) is 0 Å². The Morgan fingerprint density at radius 3 is 2.35 bits per heavy atom. The summed E-state index contributed by atoms with van der Waals surface area (Å²) in [4.78, 5) is 11.1. The van der Waals surface area contributed by atoms with E-state index in [9.17, 15) is 10.0 Å². The Balaban J connectivity index is 3.01. The van der Waals surface area contributed by atoms with Gasteiger partial charge >= 0.3 is 0 Å². The molecule has 0 amide bonds. The van der Waals surface area contributed by atoms with E-state index in [4.69, 9.17) is 0 Å². The van der Waals surface area contributed by atoms with E-state index in [1.807, 2.05) is 27.0 Å². The van der Waals surface area contributed by atoms with Crippen molar-refractivity contribution < 1.29 is 5.11 Å². The van der Waals surface area contributed by atoms with Crippen LogP contribution in [0.3, 0.4) is 0 Å². The lowest BCUT2D eigenvalue weighted by atomic mass is 9.96. The minimum atomic E-state index is -0.333. The Bertz CT molecular complexity index is 310. The number of nitroso groups, excluding NO2 is 1. The molecule has 0 aromatic carbocycles. The van der Waals surface area contributed by atoms with Gasteiger partial charge < -0.3 is 5.11 Å². The first-order valence-corrected chi connectivity index (χ1v) is 7.27. The summed E-state index contributed by atoms with van der Waals surface area (Å²) in [6.45, 7) is 5.87. The number of nitrogens with zero attached hydrogens (tertiary/aromatic N) is 2. The van der Waals surface area contributed by atoms with Crippen LogP contribution in [0, 0.1) is 4.91 Å². The minimum absolute atomic E-state index is 0.146. The number of hydrogen-bond donors (Lipinski definition) is 1. The van der Waals surface area contributed by atoms with Gasteiger partial charge in [0.2, 0.25) is 0 Å². The molecular weight excluding hydrogens is 236 g/mol. The van der Waals surface area contributed by atoms with Crippen molar-refractivity contribution in [1.82, 2.24) is 5.01 Å². The van der Waals surface area contributed by atoms with E-state index in [0.717, 1.165) is 31.3 Å². The van der Waals surface area contributed by atoms with E-state index in [-0.39, 0.29) is 10.9 Å². The molecule has 4 nitrogen and oxygen atoms in total. The molecule has 1 N–H and O–H groups in total. The molecule has 0 spiro atoms. The van der Waals surface area contributed by atoms with Gasteiger partial charge in [-0.3, -0.25) is 0 Å². The summed E-state index contributed by atoms with van der Waals surface area (Å²) in [5.74, 6) is 0.452. The lowest BCUT2D eigenvalue weighted by Gasteiger charge is -2.38. The molecule has 17 heavy (non-hydrogen) atoms. The monoisotopic (exact) mass is 258 g/mol. The van der Waals surface area contributed by atoms with Gasteiger partial charge in [0.05, 0.1) is 16.6 Å². The summed E-state index contributed by atoms with van der Waals surface area (Å²) in [6, 6.07) is 0. The molecule has 0 radical (unpaired) electrons. The first-order valence-electron chi connectivity index (χ1n) is 5.98. The number of hydrogen-bond acceptors (Lipinski definition) is 4. The Kier molecular flexibility index (Phi) is 4.86. The maximum atomic E-state index is 11.1. The van der Waals surface area contributed by atoms with Gasteiger partial charge in [0.1, 0.15) is 5.37 Å². The van der Waals surface area contributed by atoms with Crippen molar-refractivity contribution in [3.63, 3.8) is 0 Å². The van der Waals surface area contributed by atoms with E-state index in [0.29, 0.717) is 5.76 Å².